The first-order valence-electron chi connectivity index (χ1n) is 10.8. The van der Waals surface area contributed by atoms with Crippen LogP contribution < -0.4 is 10.3 Å². The van der Waals surface area contributed by atoms with Crippen molar-refractivity contribution in [3.05, 3.63) is 106 Å². The number of benzene rings is 3. The van der Waals surface area contributed by atoms with Crippen molar-refractivity contribution in [3.63, 3.8) is 0 Å². The topological polar surface area (TPSA) is 117 Å². The summed E-state index contributed by atoms with van der Waals surface area (Å²) in [6, 6.07) is 21.7. The number of anilines is 1. The molecule has 1 fully saturated rings. The fraction of sp³-hybridized carbons (Fsp3) is 0.200. The molecule has 1 heterocycles. The summed E-state index contributed by atoms with van der Waals surface area (Å²) in [7, 11) is 0. The number of nitrogens with one attached hydrogen (secondary N) is 1. The van der Waals surface area contributed by atoms with E-state index in [1.165, 1.54) is 18.3 Å². The monoisotopic (exact) mass is 460 g/mol. The molecule has 0 bridgehead atoms. The number of nitro groups is 1. The Morgan fingerprint density at radius 2 is 1.62 bits per heavy atom. The van der Waals surface area contributed by atoms with Crippen LogP contribution in [0.5, 0.6) is 0 Å². The molecular formula is C25H24N4O5. The number of aliphatic hydroxyl groups is 1. The lowest BCUT2D eigenvalue weighted by Crippen LogP contribution is -2.43. The summed E-state index contributed by atoms with van der Waals surface area (Å²) in [4.78, 5) is 26.1. The van der Waals surface area contributed by atoms with Crippen LogP contribution in [0.3, 0.4) is 0 Å². The van der Waals surface area contributed by atoms with Gasteiger partial charge in [0.05, 0.1) is 24.4 Å². The molecule has 34 heavy (non-hydrogen) atoms. The van der Waals surface area contributed by atoms with Crippen LogP contribution in [0, 0.1) is 10.1 Å². The Hall–Kier alpha value is -4.08. The van der Waals surface area contributed by atoms with E-state index >= 15 is 0 Å². The fourth-order valence-electron chi connectivity index (χ4n) is 3.88. The van der Waals surface area contributed by atoms with Crippen LogP contribution in [0.25, 0.3) is 0 Å². The maximum Gasteiger partial charge on any atom is 0.281 e. The van der Waals surface area contributed by atoms with E-state index in [1.807, 2.05) is 4.90 Å². The van der Waals surface area contributed by atoms with E-state index in [9.17, 15) is 20.0 Å². The molecule has 174 valence electrons. The number of non-ortho nitro benzene ring substituents is 1. The number of nitrogens with zero attached hydrogens (tertiary/aromatic N) is 3. The molecule has 3 aromatic carbocycles. The third kappa shape index (κ3) is 4.80. The smallest absolute Gasteiger partial charge is 0.281 e. The molecule has 2 N–H and O–H groups in total. The highest BCUT2D eigenvalue weighted by molar-refractivity contribution is 5.93. The van der Waals surface area contributed by atoms with Gasteiger partial charge in [-0.15, -0.1) is 0 Å². The molecule has 9 heteroatoms. The van der Waals surface area contributed by atoms with Crippen LogP contribution in [0.4, 0.5) is 11.4 Å². The van der Waals surface area contributed by atoms with Crippen LogP contribution in [-0.4, -0.2) is 48.5 Å². The van der Waals surface area contributed by atoms with Crippen LogP contribution in [0.15, 0.2) is 84.0 Å². The Morgan fingerprint density at radius 1 is 1.03 bits per heavy atom. The Morgan fingerprint density at radius 3 is 2.18 bits per heavy atom. The van der Waals surface area contributed by atoms with E-state index < -0.39 is 16.4 Å². The molecule has 0 radical (unpaired) electrons. The number of hydrogen-bond acceptors (Lipinski definition) is 7. The Labute approximate surface area is 196 Å². The van der Waals surface area contributed by atoms with Crippen molar-refractivity contribution in [2.45, 2.75) is 5.60 Å². The average molecular weight is 460 g/mol. The molecule has 0 spiro atoms. The Kier molecular flexibility index (Phi) is 6.95. The third-order valence-corrected chi connectivity index (χ3v) is 5.66. The second-order valence-corrected chi connectivity index (χ2v) is 7.74. The van der Waals surface area contributed by atoms with Gasteiger partial charge in [0, 0.05) is 36.5 Å². The first-order valence-corrected chi connectivity index (χ1v) is 10.8. The van der Waals surface area contributed by atoms with Crippen molar-refractivity contribution in [3.8, 4) is 0 Å². The highest BCUT2D eigenvalue weighted by atomic mass is 16.6. The quantitative estimate of drug-likeness (QED) is 0.318. The molecule has 0 unspecified atom stereocenters. The normalized spacial score (nSPS) is 14.2. The van der Waals surface area contributed by atoms with Crippen molar-refractivity contribution in [2.24, 2.45) is 5.10 Å². The molecule has 9 nitrogen and oxygen atoms in total. The van der Waals surface area contributed by atoms with Crippen LogP contribution in [0.1, 0.15) is 16.7 Å². The number of rotatable bonds is 7. The van der Waals surface area contributed by atoms with Gasteiger partial charge < -0.3 is 14.7 Å². The van der Waals surface area contributed by atoms with E-state index in [-0.39, 0.29) is 5.69 Å². The van der Waals surface area contributed by atoms with Gasteiger partial charge in [-0.3, -0.25) is 14.9 Å². The largest absolute Gasteiger partial charge is 0.378 e. The number of hydrazone groups is 1. The van der Waals surface area contributed by atoms with Gasteiger partial charge in [0.2, 0.25) is 0 Å². The lowest BCUT2D eigenvalue weighted by molar-refractivity contribution is -0.384. The van der Waals surface area contributed by atoms with Gasteiger partial charge in [-0.1, -0.05) is 60.7 Å². The van der Waals surface area contributed by atoms with Gasteiger partial charge in [-0.05, 0) is 17.2 Å². The number of carbonyl (C=O) groups excluding carboxylic acids is 1. The van der Waals surface area contributed by atoms with Gasteiger partial charge in [-0.25, -0.2) is 5.43 Å². The zero-order valence-corrected chi connectivity index (χ0v) is 18.3. The van der Waals surface area contributed by atoms with E-state index in [0.29, 0.717) is 43.0 Å². The fourth-order valence-corrected chi connectivity index (χ4v) is 3.88. The van der Waals surface area contributed by atoms with Gasteiger partial charge in [0.15, 0.2) is 5.60 Å². The molecule has 4 rings (SSSR count). The van der Waals surface area contributed by atoms with Crippen molar-refractivity contribution >= 4 is 23.5 Å². The molecule has 0 aromatic heterocycles. The van der Waals surface area contributed by atoms with Crippen LogP contribution in [-0.2, 0) is 15.1 Å². The van der Waals surface area contributed by atoms with Gasteiger partial charge in [0.25, 0.3) is 11.6 Å². The minimum atomic E-state index is -1.98. The summed E-state index contributed by atoms with van der Waals surface area (Å²) in [5.41, 5.74) is 2.34. The molecule has 0 atom stereocenters. The third-order valence-electron chi connectivity index (χ3n) is 5.66. The number of amides is 1. The Balaban J connectivity index is 1.63. The predicted octanol–water partition coefficient (Wildman–Crippen LogP) is 2.82. The molecule has 3 aromatic rings. The van der Waals surface area contributed by atoms with Crippen LogP contribution in [0.2, 0.25) is 0 Å². The van der Waals surface area contributed by atoms with Gasteiger partial charge >= 0.3 is 0 Å². The average Bonchev–Trinajstić information content (AvgIpc) is 2.89. The molecule has 1 aliphatic rings. The van der Waals surface area contributed by atoms with Crippen molar-refractivity contribution in [1.29, 1.82) is 0 Å². The lowest BCUT2D eigenvalue weighted by Gasteiger charge is -2.30. The SMILES string of the molecule is O=C(N/N=C/c1cc([N+](=O)[O-])ccc1N1CCOCC1)C(O)(c1ccccc1)c1ccccc1. The van der Waals surface area contributed by atoms with E-state index in [1.54, 1.807) is 66.7 Å². The lowest BCUT2D eigenvalue weighted by atomic mass is 9.85. The first kappa shape index (κ1) is 23.1. The zero-order valence-electron chi connectivity index (χ0n) is 18.3. The van der Waals surface area contributed by atoms with Crippen LogP contribution >= 0.6 is 0 Å². The standard InChI is InChI=1S/C25H24N4O5/c30-24(25(31,20-7-3-1-4-8-20)21-9-5-2-6-10-21)27-26-18-19-17-22(29(32)33)11-12-23(19)28-13-15-34-16-14-28/h1-12,17-18,31H,13-16H2,(H,27,30)/b26-18+. The van der Waals surface area contributed by atoms with Crippen molar-refractivity contribution in [1.82, 2.24) is 5.43 Å². The molecule has 0 saturated carbocycles. The predicted molar refractivity (Wildman–Crippen MR) is 128 cm³/mol. The van der Waals surface area contributed by atoms with Crippen molar-refractivity contribution in [2.75, 3.05) is 31.2 Å². The number of hydrogen-bond donors (Lipinski definition) is 2. The van der Waals surface area contributed by atoms with Gasteiger partial charge in [0.1, 0.15) is 0 Å². The van der Waals surface area contributed by atoms with Gasteiger partial charge in [-0.2, -0.15) is 5.10 Å². The second kappa shape index (κ2) is 10.2. The summed E-state index contributed by atoms with van der Waals surface area (Å²) in [5, 5.41) is 26.8. The number of carbonyl (C=O) groups is 1. The minimum absolute atomic E-state index is 0.0881. The minimum Gasteiger partial charge on any atom is -0.378 e. The Bertz CT molecular complexity index is 1140. The number of ether oxygens (including phenoxy) is 1. The number of nitro benzene ring substituents is 1. The maximum atomic E-state index is 13.2. The first-order chi connectivity index (χ1) is 16.5. The highest BCUT2D eigenvalue weighted by Crippen LogP contribution is 2.30. The zero-order chi connectivity index (χ0) is 24.0. The summed E-state index contributed by atoms with van der Waals surface area (Å²) >= 11 is 0. The number of morpholine rings is 1. The molecule has 1 aliphatic heterocycles. The molecule has 1 saturated heterocycles. The summed E-state index contributed by atoms with van der Waals surface area (Å²) in [6.45, 7) is 2.36. The highest BCUT2D eigenvalue weighted by Gasteiger charge is 2.39. The van der Waals surface area contributed by atoms with Crippen molar-refractivity contribution < 1.29 is 19.6 Å². The molecule has 1 amide bonds. The molecule has 0 aliphatic carbocycles. The summed E-state index contributed by atoms with van der Waals surface area (Å²) in [6.07, 6.45) is 1.35. The second-order valence-electron chi connectivity index (χ2n) is 7.74. The molecular weight excluding hydrogens is 436 g/mol. The maximum absolute atomic E-state index is 13.2. The summed E-state index contributed by atoms with van der Waals surface area (Å²) < 4.78 is 5.39. The van der Waals surface area contributed by atoms with E-state index in [2.05, 4.69) is 10.5 Å². The van der Waals surface area contributed by atoms with E-state index in [0.717, 1.165) is 5.69 Å². The summed E-state index contributed by atoms with van der Waals surface area (Å²) in [5.74, 6) is -0.750. The van der Waals surface area contributed by atoms with E-state index in [4.69, 9.17) is 4.74 Å².